The summed E-state index contributed by atoms with van der Waals surface area (Å²) in [5, 5.41) is 0.645. The molecule has 7 nitrogen and oxygen atoms in total. The van der Waals surface area contributed by atoms with Crippen LogP contribution in [-0.4, -0.2) is 52.8 Å². The molecular weight excluding hydrogens is 426 g/mol. The summed E-state index contributed by atoms with van der Waals surface area (Å²) in [4.78, 5) is 12.1. The summed E-state index contributed by atoms with van der Waals surface area (Å²) in [5.41, 5.74) is 11.4. The Morgan fingerprint density at radius 3 is 2.81 bits per heavy atom. The van der Waals surface area contributed by atoms with Crippen molar-refractivity contribution < 1.29 is 9.47 Å². The smallest absolute Gasteiger partial charge is 0.211 e. The van der Waals surface area contributed by atoms with E-state index in [0.29, 0.717) is 11.6 Å². The molecular formula is C24H28ClN5O2. The van der Waals surface area contributed by atoms with Gasteiger partial charge in [-0.15, -0.1) is 0 Å². The van der Waals surface area contributed by atoms with Crippen LogP contribution in [0, 0.1) is 12.3 Å². The maximum Gasteiger partial charge on any atom is 0.211 e. The molecule has 0 amide bonds. The van der Waals surface area contributed by atoms with Crippen molar-refractivity contribution in [2.45, 2.75) is 45.3 Å². The van der Waals surface area contributed by atoms with Crippen LogP contribution in [0.25, 0.3) is 16.8 Å². The zero-order valence-corrected chi connectivity index (χ0v) is 19.2. The second kappa shape index (κ2) is 7.33. The van der Waals surface area contributed by atoms with Gasteiger partial charge in [-0.05, 0) is 32.3 Å². The molecule has 32 heavy (non-hydrogen) atoms. The van der Waals surface area contributed by atoms with E-state index in [2.05, 4.69) is 28.4 Å². The number of benzene rings is 1. The van der Waals surface area contributed by atoms with Crippen LogP contribution in [0.3, 0.4) is 0 Å². The molecule has 0 aliphatic carbocycles. The number of hydrogen-bond donors (Lipinski definition) is 1. The van der Waals surface area contributed by atoms with Crippen LogP contribution < -0.4 is 15.4 Å². The number of piperidine rings is 1. The largest absolute Gasteiger partial charge is 0.491 e. The van der Waals surface area contributed by atoms with Gasteiger partial charge in [-0.25, -0.2) is 9.97 Å². The molecule has 3 aromatic rings. The van der Waals surface area contributed by atoms with Crippen molar-refractivity contribution in [1.82, 2.24) is 14.4 Å². The average molecular weight is 454 g/mol. The number of nitrogens with two attached hydrogens (primary N) is 1. The zero-order valence-electron chi connectivity index (χ0n) is 18.5. The highest BCUT2D eigenvalue weighted by Crippen LogP contribution is 2.44. The van der Waals surface area contributed by atoms with Gasteiger partial charge in [0, 0.05) is 54.5 Å². The van der Waals surface area contributed by atoms with E-state index in [1.807, 2.05) is 19.3 Å². The maximum atomic E-state index is 6.79. The highest BCUT2D eigenvalue weighted by Gasteiger charge is 2.47. The minimum absolute atomic E-state index is 0.0803. The van der Waals surface area contributed by atoms with Gasteiger partial charge in [0.1, 0.15) is 11.4 Å². The van der Waals surface area contributed by atoms with Gasteiger partial charge >= 0.3 is 0 Å². The number of anilines is 1. The standard InChI is InChI=1S/C24H28ClN5O2/c1-14-18(17-4-3-16-5-12-31-20(16)19(17)25)22-27-8-11-30(22)23(28-14)29-9-6-24(7-10-29)13-32-15(2)21(24)26/h3-4,8,11,15,21H,5-7,9-10,12-13,26H2,1-2H3/t15-,21?/m0/s1. The van der Waals surface area contributed by atoms with Gasteiger partial charge in [0.15, 0.2) is 0 Å². The van der Waals surface area contributed by atoms with Gasteiger partial charge in [-0.1, -0.05) is 23.7 Å². The lowest BCUT2D eigenvalue weighted by Gasteiger charge is -2.41. The van der Waals surface area contributed by atoms with E-state index < -0.39 is 0 Å². The van der Waals surface area contributed by atoms with E-state index in [4.69, 9.17) is 36.8 Å². The molecule has 0 radical (unpaired) electrons. The number of nitrogens with zero attached hydrogens (tertiary/aromatic N) is 4. The second-order valence-electron chi connectivity index (χ2n) is 9.40. The van der Waals surface area contributed by atoms with E-state index >= 15 is 0 Å². The van der Waals surface area contributed by atoms with Crippen molar-refractivity contribution in [1.29, 1.82) is 0 Å². The Morgan fingerprint density at radius 1 is 1.25 bits per heavy atom. The lowest BCUT2D eigenvalue weighted by molar-refractivity contribution is 0.0973. The molecule has 0 saturated carbocycles. The highest BCUT2D eigenvalue weighted by molar-refractivity contribution is 6.35. The molecule has 3 aliphatic heterocycles. The number of hydrogen-bond acceptors (Lipinski definition) is 6. The van der Waals surface area contributed by atoms with Crippen molar-refractivity contribution in [3.63, 3.8) is 0 Å². The normalized spacial score (nSPS) is 24.3. The number of aryl methyl sites for hydroxylation is 1. The van der Waals surface area contributed by atoms with Crippen molar-refractivity contribution >= 4 is 23.2 Å². The van der Waals surface area contributed by atoms with E-state index in [1.54, 1.807) is 0 Å². The summed E-state index contributed by atoms with van der Waals surface area (Å²) in [6.07, 6.45) is 6.84. The number of ether oxygens (including phenoxy) is 2. The highest BCUT2D eigenvalue weighted by atomic mass is 35.5. The van der Waals surface area contributed by atoms with Crippen LogP contribution in [-0.2, 0) is 11.2 Å². The van der Waals surface area contributed by atoms with E-state index in [1.165, 1.54) is 0 Å². The fraction of sp³-hybridized carbons (Fsp3) is 0.500. The Morgan fingerprint density at radius 2 is 2.06 bits per heavy atom. The van der Waals surface area contributed by atoms with Gasteiger partial charge in [0.2, 0.25) is 5.95 Å². The van der Waals surface area contributed by atoms with E-state index in [0.717, 1.165) is 78.7 Å². The van der Waals surface area contributed by atoms with Crippen molar-refractivity contribution in [2.24, 2.45) is 11.1 Å². The van der Waals surface area contributed by atoms with Crippen molar-refractivity contribution in [2.75, 3.05) is 31.2 Å². The van der Waals surface area contributed by atoms with Crippen LogP contribution in [0.15, 0.2) is 24.5 Å². The summed E-state index contributed by atoms with van der Waals surface area (Å²) in [6.45, 7) is 7.35. The molecule has 3 aliphatic rings. The molecule has 2 atom stereocenters. The Bertz CT molecular complexity index is 1200. The third kappa shape index (κ3) is 2.87. The van der Waals surface area contributed by atoms with Crippen LogP contribution in [0.5, 0.6) is 5.75 Å². The number of rotatable bonds is 2. The van der Waals surface area contributed by atoms with Gasteiger partial charge in [-0.2, -0.15) is 0 Å². The average Bonchev–Trinajstić information content (AvgIpc) is 3.53. The SMILES string of the molecule is Cc1nc(N2CCC3(CC2)CO[C@@H](C)C3N)n2ccnc2c1-c1ccc2c(c1Cl)OCC2. The molecule has 6 rings (SSSR count). The van der Waals surface area contributed by atoms with Gasteiger partial charge in [0.05, 0.1) is 30.0 Å². The molecule has 2 saturated heterocycles. The number of halogens is 1. The quantitative estimate of drug-likeness (QED) is 0.638. The fourth-order valence-corrected chi connectivity index (χ4v) is 5.97. The molecule has 2 N–H and O–H groups in total. The van der Waals surface area contributed by atoms with Crippen LogP contribution >= 0.6 is 11.6 Å². The molecule has 5 heterocycles. The van der Waals surface area contributed by atoms with Gasteiger partial charge < -0.3 is 20.1 Å². The Kier molecular flexibility index (Phi) is 4.65. The lowest BCUT2D eigenvalue weighted by Crippen LogP contribution is -2.51. The summed E-state index contributed by atoms with van der Waals surface area (Å²) >= 11 is 6.79. The Hall–Kier alpha value is -2.35. The van der Waals surface area contributed by atoms with Gasteiger partial charge in [-0.3, -0.25) is 4.40 Å². The molecule has 0 bridgehead atoms. The Labute approximate surface area is 192 Å². The first kappa shape index (κ1) is 20.3. The summed E-state index contributed by atoms with van der Waals surface area (Å²) in [7, 11) is 0. The first-order chi connectivity index (χ1) is 15.5. The van der Waals surface area contributed by atoms with E-state index in [-0.39, 0.29) is 17.6 Å². The van der Waals surface area contributed by atoms with Crippen molar-refractivity contribution in [3.05, 3.63) is 40.8 Å². The van der Waals surface area contributed by atoms with Crippen LogP contribution in [0.2, 0.25) is 5.02 Å². The first-order valence-electron chi connectivity index (χ1n) is 11.4. The lowest BCUT2D eigenvalue weighted by atomic mass is 9.73. The summed E-state index contributed by atoms with van der Waals surface area (Å²) < 4.78 is 13.8. The molecule has 8 heteroatoms. The third-order valence-electron chi connectivity index (χ3n) is 7.66. The monoisotopic (exact) mass is 453 g/mol. The zero-order chi connectivity index (χ0) is 22.0. The molecule has 168 valence electrons. The fourth-order valence-electron chi connectivity index (χ4n) is 5.64. The minimum Gasteiger partial charge on any atom is -0.491 e. The molecule has 1 unspecified atom stereocenters. The number of imidazole rings is 1. The Balaban J connectivity index is 1.38. The number of aromatic nitrogens is 3. The predicted molar refractivity (Wildman–Crippen MR) is 125 cm³/mol. The van der Waals surface area contributed by atoms with E-state index in [9.17, 15) is 0 Å². The first-order valence-corrected chi connectivity index (χ1v) is 11.8. The number of fused-ring (bicyclic) bond motifs is 2. The predicted octanol–water partition coefficient (Wildman–Crippen LogP) is 3.63. The molecule has 1 spiro atoms. The maximum absolute atomic E-state index is 6.79. The minimum atomic E-state index is 0.0803. The van der Waals surface area contributed by atoms with Crippen LogP contribution in [0.1, 0.15) is 31.0 Å². The summed E-state index contributed by atoms with van der Waals surface area (Å²) in [6, 6.07) is 4.27. The molecule has 2 fully saturated rings. The summed E-state index contributed by atoms with van der Waals surface area (Å²) in [5.74, 6) is 1.71. The second-order valence-corrected chi connectivity index (χ2v) is 9.78. The molecule has 2 aromatic heterocycles. The third-order valence-corrected chi connectivity index (χ3v) is 8.04. The van der Waals surface area contributed by atoms with Gasteiger partial charge in [0.25, 0.3) is 0 Å². The van der Waals surface area contributed by atoms with Crippen LogP contribution in [0.4, 0.5) is 5.95 Å². The topological polar surface area (TPSA) is 77.9 Å². The van der Waals surface area contributed by atoms with Crippen molar-refractivity contribution in [3.8, 4) is 16.9 Å². The molecule has 1 aromatic carbocycles.